The van der Waals surface area contributed by atoms with Crippen molar-refractivity contribution in [3.05, 3.63) is 57.6 Å². The van der Waals surface area contributed by atoms with Crippen molar-refractivity contribution in [2.45, 2.75) is 13.8 Å². The summed E-state index contributed by atoms with van der Waals surface area (Å²) in [6, 6.07) is 9.29. The Bertz CT molecular complexity index is 879. The molecule has 9 nitrogen and oxygen atoms in total. The van der Waals surface area contributed by atoms with E-state index in [-0.39, 0.29) is 23.7 Å². The second-order valence-corrected chi connectivity index (χ2v) is 5.70. The molecule has 0 heterocycles. The third-order valence-electron chi connectivity index (χ3n) is 3.67. The maximum atomic E-state index is 12.3. The molecule has 0 aliphatic rings. The highest BCUT2D eigenvalue weighted by atomic mass is 16.6. The summed E-state index contributed by atoms with van der Waals surface area (Å²) in [6.07, 6.45) is 0. The first kappa shape index (κ1) is 20.7. The van der Waals surface area contributed by atoms with Crippen LogP contribution in [-0.4, -0.2) is 37.1 Å². The van der Waals surface area contributed by atoms with Crippen LogP contribution in [0.5, 0.6) is 11.5 Å². The molecule has 1 amide bonds. The van der Waals surface area contributed by atoms with Crippen molar-refractivity contribution in [1.29, 1.82) is 0 Å². The van der Waals surface area contributed by atoms with Crippen LogP contribution >= 0.6 is 0 Å². The van der Waals surface area contributed by atoms with Gasteiger partial charge < -0.3 is 19.5 Å². The van der Waals surface area contributed by atoms with Gasteiger partial charge in [-0.2, -0.15) is 0 Å². The Morgan fingerprint density at radius 1 is 1.14 bits per heavy atom. The standard InChI is InChI=1S/C19H20N2O7/c1-4-27-17-9-14(15(21(24)25)10-16(17)26-3)19(23)28-11-18(22)20-13-7-5-12(2)6-8-13/h5-10H,4,11H2,1-3H3,(H,20,22). The van der Waals surface area contributed by atoms with Crippen LogP contribution in [-0.2, 0) is 9.53 Å². The maximum Gasteiger partial charge on any atom is 0.345 e. The van der Waals surface area contributed by atoms with E-state index in [0.29, 0.717) is 5.69 Å². The molecule has 2 aromatic carbocycles. The molecule has 2 aromatic rings. The zero-order valence-electron chi connectivity index (χ0n) is 15.7. The number of nitro groups is 1. The molecule has 0 aliphatic heterocycles. The van der Waals surface area contributed by atoms with E-state index in [2.05, 4.69) is 5.32 Å². The number of hydrogen-bond donors (Lipinski definition) is 1. The van der Waals surface area contributed by atoms with E-state index in [4.69, 9.17) is 14.2 Å². The van der Waals surface area contributed by atoms with Crippen LogP contribution < -0.4 is 14.8 Å². The molecule has 0 aliphatic carbocycles. The lowest BCUT2D eigenvalue weighted by Crippen LogP contribution is -2.21. The third-order valence-corrected chi connectivity index (χ3v) is 3.67. The van der Waals surface area contributed by atoms with Crippen molar-refractivity contribution < 1.29 is 28.7 Å². The lowest BCUT2D eigenvalue weighted by Gasteiger charge is -2.12. The summed E-state index contributed by atoms with van der Waals surface area (Å²) in [7, 11) is 1.33. The first-order valence-electron chi connectivity index (χ1n) is 8.38. The van der Waals surface area contributed by atoms with Gasteiger partial charge in [-0.1, -0.05) is 17.7 Å². The van der Waals surface area contributed by atoms with E-state index in [9.17, 15) is 19.7 Å². The maximum absolute atomic E-state index is 12.3. The molecule has 0 unspecified atom stereocenters. The minimum atomic E-state index is -1.02. The molecule has 0 aromatic heterocycles. The zero-order valence-corrected chi connectivity index (χ0v) is 15.7. The van der Waals surface area contributed by atoms with E-state index in [1.54, 1.807) is 19.1 Å². The number of aryl methyl sites for hydroxylation is 1. The number of anilines is 1. The molecule has 2 rings (SSSR count). The van der Waals surface area contributed by atoms with E-state index >= 15 is 0 Å². The Morgan fingerprint density at radius 2 is 1.82 bits per heavy atom. The fourth-order valence-electron chi connectivity index (χ4n) is 2.33. The van der Waals surface area contributed by atoms with E-state index in [1.165, 1.54) is 13.2 Å². The zero-order chi connectivity index (χ0) is 20.7. The van der Waals surface area contributed by atoms with Crippen molar-refractivity contribution >= 4 is 23.3 Å². The molecular formula is C19H20N2O7. The average Bonchev–Trinajstić information content (AvgIpc) is 2.67. The summed E-state index contributed by atoms with van der Waals surface area (Å²) in [5, 5.41) is 13.9. The molecular weight excluding hydrogens is 368 g/mol. The van der Waals surface area contributed by atoms with Gasteiger partial charge in [-0.25, -0.2) is 4.79 Å². The molecule has 9 heteroatoms. The highest BCUT2D eigenvalue weighted by molar-refractivity contribution is 5.98. The van der Waals surface area contributed by atoms with Gasteiger partial charge in [0.05, 0.1) is 24.7 Å². The van der Waals surface area contributed by atoms with Crippen LogP contribution in [0.3, 0.4) is 0 Å². The molecule has 0 saturated heterocycles. The van der Waals surface area contributed by atoms with Crippen LogP contribution in [0.4, 0.5) is 11.4 Å². The summed E-state index contributed by atoms with van der Waals surface area (Å²) in [4.78, 5) is 34.8. The van der Waals surface area contributed by atoms with Gasteiger partial charge in [0.25, 0.3) is 11.6 Å². The number of ether oxygens (including phenoxy) is 3. The highest BCUT2D eigenvalue weighted by Crippen LogP contribution is 2.35. The number of amides is 1. The Labute approximate surface area is 161 Å². The first-order chi connectivity index (χ1) is 13.3. The third kappa shape index (κ3) is 5.19. The Kier molecular flexibility index (Phi) is 6.91. The predicted molar refractivity (Wildman–Crippen MR) is 101 cm³/mol. The number of methoxy groups -OCH3 is 1. The molecule has 28 heavy (non-hydrogen) atoms. The van der Waals surface area contributed by atoms with E-state index in [1.807, 2.05) is 19.1 Å². The van der Waals surface area contributed by atoms with Crippen molar-refractivity contribution in [1.82, 2.24) is 0 Å². The average molecular weight is 388 g/mol. The number of nitro benzene ring substituents is 1. The van der Waals surface area contributed by atoms with Gasteiger partial charge in [-0.3, -0.25) is 14.9 Å². The van der Waals surface area contributed by atoms with E-state index < -0.39 is 29.1 Å². The highest BCUT2D eigenvalue weighted by Gasteiger charge is 2.26. The Balaban J connectivity index is 2.13. The largest absolute Gasteiger partial charge is 0.493 e. The number of carbonyl (C=O) groups excluding carboxylic acids is 2. The smallest absolute Gasteiger partial charge is 0.345 e. The minimum absolute atomic E-state index is 0.113. The second-order valence-electron chi connectivity index (χ2n) is 5.70. The Morgan fingerprint density at radius 3 is 2.39 bits per heavy atom. The van der Waals surface area contributed by atoms with Crippen molar-refractivity contribution in [2.24, 2.45) is 0 Å². The molecule has 0 saturated carbocycles. The molecule has 1 N–H and O–H groups in total. The SMILES string of the molecule is CCOc1cc(C(=O)OCC(=O)Nc2ccc(C)cc2)c([N+](=O)[O-])cc1OC. The van der Waals surface area contributed by atoms with Crippen LogP contribution in [0, 0.1) is 17.0 Å². The number of carbonyl (C=O) groups is 2. The summed E-state index contributed by atoms with van der Waals surface area (Å²) in [5.41, 5.74) is 0.726. The molecule has 0 fully saturated rings. The number of hydrogen-bond acceptors (Lipinski definition) is 7. The van der Waals surface area contributed by atoms with Crippen LogP contribution in [0.1, 0.15) is 22.8 Å². The van der Waals surface area contributed by atoms with Gasteiger partial charge in [-0.05, 0) is 26.0 Å². The van der Waals surface area contributed by atoms with Gasteiger partial charge in [0.1, 0.15) is 5.56 Å². The molecule has 148 valence electrons. The predicted octanol–water partition coefficient (Wildman–Crippen LogP) is 3.11. The monoisotopic (exact) mass is 388 g/mol. The van der Waals surface area contributed by atoms with Crippen LogP contribution in [0.2, 0.25) is 0 Å². The molecule has 0 atom stereocenters. The fourth-order valence-corrected chi connectivity index (χ4v) is 2.33. The summed E-state index contributed by atoms with van der Waals surface area (Å²) in [5.74, 6) is -1.32. The lowest BCUT2D eigenvalue weighted by molar-refractivity contribution is -0.385. The molecule has 0 spiro atoms. The number of nitrogens with zero attached hydrogens (tertiary/aromatic N) is 1. The second kappa shape index (κ2) is 9.36. The number of rotatable bonds is 8. The normalized spacial score (nSPS) is 10.1. The number of nitrogens with one attached hydrogen (secondary N) is 1. The minimum Gasteiger partial charge on any atom is -0.493 e. The summed E-state index contributed by atoms with van der Waals surface area (Å²) < 4.78 is 15.3. The van der Waals surface area contributed by atoms with Crippen molar-refractivity contribution in [3.63, 3.8) is 0 Å². The van der Waals surface area contributed by atoms with Crippen LogP contribution in [0.15, 0.2) is 36.4 Å². The Hall–Kier alpha value is -3.62. The van der Waals surface area contributed by atoms with Crippen molar-refractivity contribution in [2.75, 3.05) is 25.6 Å². The fraction of sp³-hybridized carbons (Fsp3) is 0.263. The van der Waals surface area contributed by atoms with Gasteiger partial charge in [0.15, 0.2) is 18.1 Å². The van der Waals surface area contributed by atoms with Gasteiger partial charge >= 0.3 is 5.97 Å². The van der Waals surface area contributed by atoms with Gasteiger partial charge in [-0.15, -0.1) is 0 Å². The topological polar surface area (TPSA) is 117 Å². The summed E-state index contributed by atoms with van der Waals surface area (Å²) >= 11 is 0. The van der Waals surface area contributed by atoms with Gasteiger partial charge in [0, 0.05) is 11.8 Å². The first-order valence-corrected chi connectivity index (χ1v) is 8.38. The van der Waals surface area contributed by atoms with E-state index in [0.717, 1.165) is 11.6 Å². The van der Waals surface area contributed by atoms with Gasteiger partial charge in [0.2, 0.25) is 0 Å². The number of benzene rings is 2. The van der Waals surface area contributed by atoms with Crippen molar-refractivity contribution in [3.8, 4) is 11.5 Å². The quantitative estimate of drug-likeness (QED) is 0.419. The van der Waals surface area contributed by atoms with Crippen LogP contribution in [0.25, 0.3) is 0 Å². The molecule has 0 bridgehead atoms. The molecule has 0 radical (unpaired) electrons. The lowest BCUT2D eigenvalue weighted by atomic mass is 10.1. The summed E-state index contributed by atoms with van der Waals surface area (Å²) in [6.45, 7) is 3.29. The number of esters is 1.